The fourth-order valence-corrected chi connectivity index (χ4v) is 2.67. The standard InChI is InChI=1S/C16H25FN2/c1-13(2)11-18-12-14-7-6-8-15(17)16(14)19-9-4-3-5-10-19/h6-8,13,18H,3-5,9-12H2,1-2H3. The molecule has 0 amide bonds. The number of nitrogens with zero attached hydrogens (tertiary/aromatic N) is 1. The van der Waals surface area contributed by atoms with Crippen molar-refractivity contribution in [2.75, 3.05) is 24.5 Å². The molecule has 0 radical (unpaired) electrons. The van der Waals surface area contributed by atoms with Gasteiger partial charge < -0.3 is 10.2 Å². The van der Waals surface area contributed by atoms with Gasteiger partial charge >= 0.3 is 0 Å². The second-order valence-corrected chi connectivity index (χ2v) is 5.82. The molecule has 1 saturated heterocycles. The van der Waals surface area contributed by atoms with Crippen molar-refractivity contribution in [3.05, 3.63) is 29.6 Å². The lowest BCUT2D eigenvalue weighted by atomic mass is 10.1. The van der Waals surface area contributed by atoms with Crippen LogP contribution in [0.1, 0.15) is 38.7 Å². The highest BCUT2D eigenvalue weighted by molar-refractivity contribution is 5.55. The van der Waals surface area contributed by atoms with Crippen molar-refractivity contribution in [1.29, 1.82) is 0 Å². The van der Waals surface area contributed by atoms with Gasteiger partial charge in [0.25, 0.3) is 0 Å². The molecular formula is C16H25FN2. The van der Waals surface area contributed by atoms with E-state index in [4.69, 9.17) is 0 Å². The molecule has 0 bridgehead atoms. The molecule has 0 atom stereocenters. The molecule has 1 N–H and O–H groups in total. The summed E-state index contributed by atoms with van der Waals surface area (Å²) < 4.78 is 14.2. The summed E-state index contributed by atoms with van der Waals surface area (Å²) in [4.78, 5) is 2.21. The maximum absolute atomic E-state index is 14.2. The van der Waals surface area contributed by atoms with E-state index in [1.54, 1.807) is 6.07 Å². The van der Waals surface area contributed by atoms with Crippen LogP contribution in [0.15, 0.2) is 18.2 Å². The van der Waals surface area contributed by atoms with Crippen LogP contribution in [0.2, 0.25) is 0 Å². The van der Waals surface area contributed by atoms with Crippen molar-refractivity contribution in [2.45, 2.75) is 39.7 Å². The first kappa shape index (κ1) is 14.3. The quantitative estimate of drug-likeness (QED) is 0.874. The molecule has 0 aromatic heterocycles. The second kappa shape index (κ2) is 6.90. The molecule has 1 aromatic carbocycles. The third kappa shape index (κ3) is 3.93. The number of anilines is 1. The van der Waals surface area contributed by atoms with E-state index in [9.17, 15) is 4.39 Å². The number of rotatable bonds is 5. The van der Waals surface area contributed by atoms with E-state index in [2.05, 4.69) is 24.1 Å². The highest BCUT2D eigenvalue weighted by atomic mass is 19.1. The van der Waals surface area contributed by atoms with Gasteiger partial charge in [0.05, 0.1) is 5.69 Å². The third-order valence-electron chi connectivity index (χ3n) is 3.61. The largest absolute Gasteiger partial charge is 0.369 e. The van der Waals surface area contributed by atoms with Crippen molar-refractivity contribution >= 4 is 5.69 Å². The summed E-state index contributed by atoms with van der Waals surface area (Å²) >= 11 is 0. The number of hydrogen-bond donors (Lipinski definition) is 1. The van der Waals surface area contributed by atoms with E-state index >= 15 is 0 Å². The van der Waals surface area contributed by atoms with Crippen LogP contribution in [0.4, 0.5) is 10.1 Å². The highest BCUT2D eigenvalue weighted by Crippen LogP contribution is 2.27. The Balaban J connectivity index is 2.10. The van der Waals surface area contributed by atoms with Crippen LogP contribution in [-0.2, 0) is 6.54 Å². The molecule has 19 heavy (non-hydrogen) atoms. The molecule has 0 unspecified atom stereocenters. The zero-order chi connectivity index (χ0) is 13.7. The van der Waals surface area contributed by atoms with E-state index < -0.39 is 0 Å². The van der Waals surface area contributed by atoms with Crippen LogP contribution in [0.5, 0.6) is 0 Å². The predicted molar refractivity (Wildman–Crippen MR) is 79.0 cm³/mol. The minimum Gasteiger partial charge on any atom is -0.369 e. The summed E-state index contributed by atoms with van der Waals surface area (Å²) in [6.45, 7) is 8.06. The average molecular weight is 264 g/mol. The monoisotopic (exact) mass is 264 g/mol. The number of nitrogens with one attached hydrogen (secondary N) is 1. The van der Waals surface area contributed by atoms with Gasteiger partial charge in [-0.1, -0.05) is 26.0 Å². The molecule has 0 saturated carbocycles. The maximum Gasteiger partial charge on any atom is 0.146 e. The Morgan fingerprint density at radius 1 is 1.21 bits per heavy atom. The van der Waals surface area contributed by atoms with Gasteiger partial charge in [0.2, 0.25) is 0 Å². The van der Waals surface area contributed by atoms with E-state index in [0.29, 0.717) is 5.92 Å². The van der Waals surface area contributed by atoms with Gasteiger partial charge in [0.15, 0.2) is 0 Å². The van der Waals surface area contributed by atoms with Gasteiger partial charge in [-0.05, 0) is 43.4 Å². The summed E-state index contributed by atoms with van der Waals surface area (Å²) in [5, 5.41) is 3.41. The lowest BCUT2D eigenvalue weighted by Crippen LogP contribution is -2.32. The van der Waals surface area contributed by atoms with E-state index in [1.807, 2.05) is 12.1 Å². The first-order valence-corrected chi connectivity index (χ1v) is 7.41. The zero-order valence-corrected chi connectivity index (χ0v) is 12.1. The Hall–Kier alpha value is -1.09. The molecule has 1 aliphatic rings. The van der Waals surface area contributed by atoms with Crippen LogP contribution < -0.4 is 10.2 Å². The predicted octanol–water partition coefficient (Wildman–Crippen LogP) is 3.56. The SMILES string of the molecule is CC(C)CNCc1cccc(F)c1N1CCCCC1. The van der Waals surface area contributed by atoms with Crippen LogP contribution in [-0.4, -0.2) is 19.6 Å². The summed E-state index contributed by atoms with van der Waals surface area (Å²) in [6.07, 6.45) is 3.62. The second-order valence-electron chi connectivity index (χ2n) is 5.82. The van der Waals surface area contributed by atoms with Gasteiger partial charge in [-0.2, -0.15) is 0 Å². The van der Waals surface area contributed by atoms with Crippen molar-refractivity contribution in [1.82, 2.24) is 5.32 Å². The molecule has 0 spiro atoms. The Labute approximate surface area is 116 Å². The molecule has 0 aliphatic carbocycles. The minimum absolute atomic E-state index is 0.0780. The molecule has 2 nitrogen and oxygen atoms in total. The smallest absolute Gasteiger partial charge is 0.146 e. The molecule has 1 heterocycles. The maximum atomic E-state index is 14.2. The van der Waals surface area contributed by atoms with Gasteiger partial charge in [0.1, 0.15) is 5.82 Å². The summed E-state index contributed by atoms with van der Waals surface area (Å²) in [6, 6.07) is 5.44. The lowest BCUT2D eigenvalue weighted by Gasteiger charge is -2.31. The number of piperidine rings is 1. The van der Waals surface area contributed by atoms with Crippen LogP contribution in [0, 0.1) is 11.7 Å². The van der Waals surface area contributed by atoms with Crippen molar-refractivity contribution < 1.29 is 4.39 Å². The number of halogens is 1. The van der Waals surface area contributed by atoms with Crippen LogP contribution in [0.25, 0.3) is 0 Å². The molecule has 106 valence electrons. The first-order chi connectivity index (χ1) is 9.18. The summed E-state index contributed by atoms with van der Waals surface area (Å²) in [5.74, 6) is 0.540. The van der Waals surface area contributed by atoms with Crippen molar-refractivity contribution in [3.63, 3.8) is 0 Å². The Bertz CT molecular complexity index is 398. The number of benzene rings is 1. The van der Waals surface area contributed by atoms with Crippen LogP contribution in [0.3, 0.4) is 0 Å². The average Bonchev–Trinajstić information content (AvgIpc) is 2.39. The van der Waals surface area contributed by atoms with Gasteiger partial charge in [-0.25, -0.2) is 4.39 Å². The molecule has 1 aliphatic heterocycles. The van der Waals surface area contributed by atoms with Crippen molar-refractivity contribution in [3.8, 4) is 0 Å². The molecular weight excluding hydrogens is 239 g/mol. The fraction of sp³-hybridized carbons (Fsp3) is 0.625. The topological polar surface area (TPSA) is 15.3 Å². The van der Waals surface area contributed by atoms with Gasteiger partial charge in [-0.3, -0.25) is 0 Å². The van der Waals surface area contributed by atoms with Crippen molar-refractivity contribution in [2.24, 2.45) is 5.92 Å². The van der Waals surface area contributed by atoms with E-state index in [1.165, 1.54) is 19.3 Å². The Kier molecular flexibility index (Phi) is 5.20. The van der Waals surface area contributed by atoms with Gasteiger partial charge in [0, 0.05) is 19.6 Å². The first-order valence-electron chi connectivity index (χ1n) is 7.41. The molecule has 1 fully saturated rings. The summed E-state index contributed by atoms with van der Waals surface area (Å²) in [7, 11) is 0. The van der Waals surface area contributed by atoms with Gasteiger partial charge in [-0.15, -0.1) is 0 Å². The lowest BCUT2D eigenvalue weighted by molar-refractivity contribution is 0.538. The number of para-hydroxylation sites is 1. The molecule has 1 aromatic rings. The summed E-state index contributed by atoms with van der Waals surface area (Å²) in [5.41, 5.74) is 1.90. The highest BCUT2D eigenvalue weighted by Gasteiger charge is 2.18. The molecule has 3 heteroatoms. The van der Waals surface area contributed by atoms with Crippen LogP contribution >= 0.6 is 0 Å². The van der Waals surface area contributed by atoms with E-state index in [0.717, 1.165) is 37.4 Å². The molecule has 2 rings (SSSR count). The fourth-order valence-electron chi connectivity index (χ4n) is 2.67. The normalized spacial score (nSPS) is 16.1. The van der Waals surface area contributed by atoms with E-state index in [-0.39, 0.29) is 5.82 Å². The zero-order valence-electron chi connectivity index (χ0n) is 12.1. The number of hydrogen-bond acceptors (Lipinski definition) is 2. The Morgan fingerprint density at radius 2 is 1.95 bits per heavy atom. The third-order valence-corrected chi connectivity index (χ3v) is 3.61. The minimum atomic E-state index is -0.0780. The Morgan fingerprint density at radius 3 is 2.63 bits per heavy atom.